The van der Waals surface area contributed by atoms with Crippen LogP contribution in [0.4, 0.5) is 5.88 Å². The van der Waals surface area contributed by atoms with Gasteiger partial charge in [0.25, 0.3) is 5.95 Å². The number of aromatic nitrogens is 1. The molecule has 0 aliphatic heterocycles. The van der Waals surface area contributed by atoms with E-state index in [1.165, 1.54) is 18.3 Å². The first kappa shape index (κ1) is 9.20. The van der Waals surface area contributed by atoms with Crippen molar-refractivity contribution in [2.75, 3.05) is 0 Å². The van der Waals surface area contributed by atoms with E-state index in [9.17, 15) is 10.1 Å². The highest BCUT2D eigenvalue weighted by Gasteiger charge is 2.12. The molecule has 0 fully saturated rings. The monoisotopic (exact) mass is 206 g/mol. The summed E-state index contributed by atoms with van der Waals surface area (Å²) in [5.41, 5.74) is 0. The Morgan fingerprint density at radius 1 is 1.40 bits per heavy atom. The minimum atomic E-state index is -0.629. The highest BCUT2D eigenvalue weighted by Crippen LogP contribution is 2.26. The second-order valence-electron chi connectivity index (χ2n) is 2.64. The summed E-state index contributed by atoms with van der Waals surface area (Å²) in [4.78, 5) is 13.5. The molecular weight excluding hydrogens is 200 g/mol. The minimum Gasteiger partial charge on any atom is -0.424 e. The largest absolute Gasteiger partial charge is 0.436 e. The van der Waals surface area contributed by atoms with E-state index in [2.05, 4.69) is 4.98 Å². The van der Waals surface area contributed by atoms with Gasteiger partial charge in [0.15, 0.2) is 0 Å². The summed E-state index contributed by atoms with van der Waals surface area (Å²) in [6, 6.07) is 5.96. The number of nitrogens with zero attached hydrogens (tertiary/aromatic N) is 2. The van der Waals surface area contributed by atoms with E-state index in [1.54, 1.807) is 18.3 Å². The predicted molar refractivity (Wildman–Crippen MR) is 49.7 cm³/mol. The van der Waals surface area contributed by atoms with Gasteiger partial charge in [0, 0.05) is 12.3 Å². The van der Waals surface area contributed by atoms with Crippen LogP contribution in [0.2, 0.25) is 0 Å². The molecule has 15 heavy (non-hydrogen) atoms. The Morgan fingerprint density at radius 3 is 2.87 bits per heavy atom. The topological polar surface area (TPSA) is 78.4 Å². The molecule has 6 heteroatoms. The van der Waals surface area contributed by atoms with E-state index in [0.717, 1.165) is 0 Å². The SMILES string of the molecule is O=[N+]([O-])c1ccc(Oc2cccnc2)o1. The van der Waals surface area contributed by atoms with Gasteiger partial charge >= 0.3 is 5.88 Å². The summed E-state index contributed by atoms with van der Waals surface area (Å²) >= 11 is 0. The molecule has 0 unspecified atom stereocenters. The van der Waals surface area contributed by atoms with Crippen LogP contribution in [-0.2, 0) is 0 Å². The van der Waals surface area contributed by atoms with Crippen LogP contribution in [0.3, 0.4) is 0 Å². The second-order valence-corrected chi connectivity index (χ2v) is 2.64. The van der Waals surface area contributed by atoms with Gasteiger partial charge < -0.3 is 9.15 Å². The predicted octanol–water partition coefficient (Wildman–Crippen LogP) is 2.38. The molecule has 2 aromatic heterocycles. The fourth-order valence-electron chi connectivity index (χ4n) is 0.987. The Kier molecular flexibility index (Phi) is 2.32. The smallest absolute Gasteiger partial charge is 0.424 e. The Labute approximate surface area is 84.3 Å². The number of pyridine rings is 1. The molecule has 2 rings (SSSR count). The van der Waals surface area contributed by atoms with Crippen molar-refractivity contribution in [1.29, 1.82) is 0 Å². The Morgan fingerprint density at radius 2 is 2.27 bits per heavy atom. The maximum atomic E-state index is 10.3. The summed E-state index contributed by atoms with van der Waals surface area (Å²) in [7, 11) is 0. The van der Waals surface area contributed by atoms with Gasteiger partial charge in [-0.3, -0.25) is 15.1 Å². The molecule has 0 aliphatic carbocycles. The van der Waals surface area contributed by atoms with Crippen LogP contribution in [0.1, 0.15) is 0 Å². The summed E-state index contributed by atoms with van der Waals surface area (Å²) in [5.74, 6) is 0.172. The van der Waals surface area contributed by atoms with Crippen molar-refractivity contribution in [3.05, 3.63) is 46.8 Å². The molecular formula is C9H6N2O4. The Bertz CT molecular complexity index is 466. The fraction of sp³-hybridized carbons (Fsp3) is 0. The van der Waals surface area contributed by atoms with Gasteiger partial charge in [-0.25, -0.2) is 0 Å². The maximum Gasteiger partial charge on any atom is 0.436 e. The van der Waals surface area contributed by atoms with Crippen molar-refractivity contribution in [1.82, 2.24) is 4.98 Å². The van der Waals surface area contributed by atoms with Crippen molar-refractivity contribution in [3.8, 4) is 11.7 Å². The minimum absolute atomic E-state index is 0.0645. The average molecular weight is 206 g/mol. The number of hydrogen-bond acceptors (Lipinski definition) is 5. The molecule has 76 valence electrons. The third kappa shape index (κ3) is 2.11. The first-order chi connectivity index (χ1) is 7.25. The standard InChI is InChI=1S/C9H6N2O4/c12-11(13)8-3-4-9(15-8)14-7-2-1-5-10-6-7/h1-6H. The fourth-order valence-corrected chi connectivity index (χ4v) is 0.987. The molecule has 2 aromatic rings. The van der Waals surface area contributed by atoms with Crippen molar-refractivity contribution in [3.63, 3.8) is 0 Å². The maximum absolute atomic E-state index is 10.3. The molecule has 0 saturated carbocycles. The van der Waals surface area contributed by atoms with Crippen LogP contribution < -0.4 is 4.74 Å². The summed E-state index contributed by atoms with van der Waals surface area (Å²) < 4.78 is 9.98. The van der Waals surface area contributed by atoms with E-state index in [4.69, 9.17) is 9.15 Å². The Balaban J connectivity index is 2.15. The lowest BCUT2D eigenvalue weighted by Crippen LogP contribution is -1.84. The van der Waals surface area contributed by atoms with Crippen molar-refractivity contribution >= 4 is 5.88 Å². The highest BCUT2D eigenvalue weighted by atomic mass is 16.7. The summed E-state index contributed by atoms with van der Waals surface area (Å²) in [6.07, 6.45) is 3.08. The quantitative estimate of drug-likeness (QED) is 0.569. The van der Waals surface area contributed by atoms with Gasteiger partial charge in [0.2, 0.25) is 0 Å². The molecule has 0 aliphatic rings. The first-order valence-electron chi connectivity index (χ1n) is 4.08. The van der Waals surface area contributed by atoms with Crippen LogP contribution in [0.25, 0.3) is 0 Å². The van der Waals surface area contributed by atoms with Crippen LogP contribution in [0.5, 0.6) is 11.7 Å². The first-order valence-corrected chi connectivity index (χ1v) is 4.08. The summed E-state index contributed by atoms with van der Waals surface area (Å²) in [6.45, 7) is 0. The molecule has 0 saturated heterocycles. The lowest BCUT2D eigenvalue weighted by atomic mass is 10.5. The summed E-state index contributed by atoms with van der Waals surface area (Å²) in [5, 5.41) is 10.3. The molecule has 0 radical (unpaired) electrons. The zero-order valence-electron chi connectivity index (χ0n) is 7.49. The van der Waals surface area contributed by atoms with Gasteiger partial charge in [-0.15, -0.1) is 0 Å². The lowest BCUT2D eigenvalue weighted by molar-refractivity contribution is -0.402. The van der Waals surface area contributed by atoms with Crippen molar-refractivity contribution in [2.24, 2.45) is 0 Å². The molecule has 0 aromatic carbocycles. The normalized spacial score (nSPS) is 9.87. The van der Waals surface area contributed by atoms with Gasteiger partial charge in [-0.05, 0) is 12.1 Å². The van der Waals surface area contributed by atoms with E-state index < -0.39 is 4.92 Å². The Hall–Kier alpha value is -2.37. The lowest BCUT2D eigenvalue weighted by Gasteiger charge is -1.98. The molecule has 0 bridgehead atoms. The number of rotatable bonds is 3. The van der Waals surface area contributed by atoms with Gasteiger partial charge in [-0.2, -0.15) is 0 Å². The molecule has 0 N–H and O–H groups in total. The number of furan rings is 1. The van der Waals surface area contributed by atoms with E-state index in [1.807, 2.05) is 0 Å². The molecule has 0 atom stereocenters. The molecule has 6 nitrogen and oxygen atoms in total. The van der Waals surface area contributed by atoms with E-state index in [-0.39, 0.29) is 11.8 Å². The third-order valence-corrected chi connectivity index (χ3v) is 1.60. The number of hydrogen-bond donors (Lipinski definition) is 0. The molecule has 2 heterocycles. The third-order valence-electron chi connectivity index (χ3n) is 1.60. The van der Waals surface area contributed by atoms with Gasteiger partial charge in [0.1, 0.15) is 10.7 Å². The number of nitro groups is 1. The van der Waals surface area contributed by atoms with Crippen LogP contribution in [-0.4, -0.2) is 9.91 Å². The zero-order valence-corrected chi connectivity index (χ0v) is 7.49. The second kappa shape index (κ2) is 3.79. The van der Waals surface area contributed by atoms with Crippen LogP contribution in [0.15, 0.2) is 41.1 Å². The van der Waals surface area contributed by atoms with Crippen molar-refractivity contribution < 1.29 is 14.1 Å². The zero-order chi connectivity index (χ0) is 10.7. The van der Waals surface area contributed by atoms with Crippen molar-refractivity contribution in [2.45, 2.75) is 0 Å². The van der Waals surface area contributed by atoms with E-state index >= 15 is 0 Å². The highest BCUT2D eigenvalue weighted by molar-refractivity contribution is 5.26. The van der Waals surface area contributed by atoms with Gasteiger partial charge in [0.05, 0.1) is 12.3 Å². The average Bonchev–Trinajstić information content (AvgIpc) is 2.68. The molecule has 0 amide bonds. The van der Waals surface area contributed by atoms with E-state index in [0.29, 0.717) is 5.75 Å². The number of ether oxygens (including phenoxy) is 1. The van der Waals surface area contributed by atoms with Crippen LogP contribution >= 0.6 is 0 Å². The van der Waals surface area contributed by atoms with Gasteiger partial charge in [-0.1, -0.05) is 0 Å². The van der Waals surface area contributed by atoms with Crippen LogP contribution in [0, 0.1) is 10.1 Å². The molecule has 0 spiro atoms.